The zero-order valence-electron chi connectivity index (χ0n) is 10.3. The number of carbonyl (C=O) groups is 2. The molecule has 0 aromatic heterocycles. The molecule has 0 spiro atoms. The molecule has 3 heteroatoms. The van der Waals surface area contributed by atoms with E-state index in [4.69, 9.17) is 11.6 Å². The zero-order chi connectivity index (χ0) is 12.8. The fraction of sp³-hybridized carbons (Fsp3) is 0.429. The van der Waals surface area contributed by atoms with Crippen molar-refractivity contribution >= 4 is 23.2 Å². The minimum atomic E-state index is 0.0129. The van der Waals surface area contributed by atoms with Crippen LogP contribution in [0.3, 0.4) is 0 Å². The van der Waals surface area contributed by atoms with Crippen molar-refractivity contribution in [3.05, 3.63) is 34.3 Å². The van der Waals surface area contributed by atoms with Crippen molar-refractivity contribution in [3.63, 3.8) is 0 Å². The van der Waals surface area contributed by atoms with Crippen LogP contribution in [0.5, 0.6) is 0 Å². The molecule has 0 heterocycles. The lowest BCUT2D eigenvalue weighted by atomic mass is 10.0. The van der Waals surface area contributed by atoms with E-state index in [1.165, 1.54) is 0 Å². The van der Waals surface area contributed by atoms with Crippen LogP contribution in [0.1, 0.15) is 48.5 Å². The monoisotopic (exact) mass is 252 g/mol. The van der Waals surface area contributed by atoms with Crippen molar-refractivity contribution in [2.24, 2.45) is 0 Å². The smallest absolute Gasteiger partial charge is 0.164 e. The summed E-state index contributed by atoms with van der Waals surface area (Å²) in [6.45, 7) is 3.76. The van der Waals surface area contributed by atoms with Gasteiger partial charge in [-0.05, 0) is 31.0 Å². The molecule has 0 aliphatic carbocycles. The maximum atomic E-state index is 11.9. The minimum absolute atomic E-state index is 0.0129. The SMILES string of the molecule is CCC(=O)CCCC(=O)c1ccc(C)cc1Cl. The van der Waals surface area contributed by atoms with Crippen LogP contribution >= 0.6 is 11.6 Å². The number of Topliss-reactive ketones (excluding diaryl/α,β-unsaturated/α-hetero) is 2. The summed E-state index contributed by atoms with van der Waals surface area (Å²) >= 11 is 6.01. The van der Waals surface area contributed by atoms with Crippen LogP contribution in [0.4, 0.5) is 0 Å². The van der Waals surface area contributed by atoms with Crippen molar-refractivity contribution in [2.45, 2.75) is 39.5 Å². The summed E-state index contributed by atoms with van der Waals surface area (Å²) in [5.41, 5.74) is 1.59. The Balaban J connectivity index is 2.55. The minimum Gasteiger partial charge on any atom is -0.300 e. The average molecular weight is 253 g/mol. The van der Waals surface area contributed by atoms with Crippen molar-refractivity contribution < 1.29 is 9.59 Å². The van der Waals surface area contributed by atoms with Gasteiger partial charge in [-0.2, -0.15) is 0 Å². The van der Waals surface area contributed by atoms with Gasteiger partial charge < -0.3 is 0 Å². The number of halogens is 1. The molecule has 0 N–H and O–H groups in total. The molecule has 0 aliphatic heterocycles. The third kappa shape index (κ3) is 4.31. The van der Waals surface area contributed by atoms with Gasteiger partial charge in [-0.25, -0.2) is 0 Å². The second kappa shape index (κ2) is 6.55. The summed E-state index contributed by atoms with van der Waals surface area (Å²) in [6.07, 6.45) is 2.01. The molecule has 1 aromatic carbocycles. The highest BCUT2D eigenvalue weighted by molar-refractivity contribution is 6.34. The number of ketones is 2. The Labute approximate surface area is 107 Å². The van der Waals surface area contributed by atoms with E-state index in [-0.39, 0.29) is 11.6 Å². The number of aryl methyl sites for hydroxylation is 1. The lowest BCUT2D eigenvalue weighted by Gasteiger charge is -2.04. The second-order valence-electron chi connectivity index (χ2n) is 4.15. The van der Waals surface area contributed by atoms with E-state index < -0.39 is 0 Å². The van der Waals surface area contributed by atoms with Crippen LogP contribution in [0.15, 0.2) is 18.2 Å². The average Bonchev–Trinajstić information content (AvgIpc) is 2.28. The molecule has 0 bridgehead atoms. The van der Waals surface area contributed by atoms with Gasteiger partial charge in [0.05, 0.1) is 5.02 Å². The number of rotatable bonds is 6. The topological polar surface area (TPSA) is 34.1 Å². The van der Waals surface area contributed by atoms with Crippen LogP contribution in [0, 0.1) is 6.92 Å². The first kappa shape index (κ1) is 13.9. The Morgan fingerprint density at radius 3 is 2.53 bits per heavy atom. The summed E-state index contributed by atoms with van der Waals surface area (Å²) in [7, 11) is 0. The number of hydrogen-bond acceptors (Lipinski definition) is 2. The maximum Gasteiger partial charge on any atom is 0.164 e. The molecule has 1 aromatic rings. The Kier molecular flexibility index (Phi) is 5.36. The molecule has 0 atom stereocenters. The van der Waals surface area contributed by atoms with Gasteiger partial charge in [0.25, 0.3) is 0 Å². The summed E-state index contributed by atoms with van der Waals surface area (Å²) in [5, 5.41) is 0.497. The van der Waals surface area contributed by atoms with Gasteiger partial charge in [0.2, 0.25) is 0 Å². The predicted molar refractivity (Wildman–Crippen MR) is 69.7 cm³/mol. The highest BCUT2D eigenvalue weighted by Gasteiger charge is 2.10. The number of carbonyl (C=O) groups excluding carboxylic acids is 2. The number of benzene rings is 1. The van der Waals surface area contributed by atoms with E-state index in [2.05, 4.69) is 0 Å². The summed E-state index contributed by atoms with van der Waals surface area (Å²) in [4.78, 5) is 23.0. The van der Waals surface area contributed by atoms with E-state index in [9.17, 15) is 9.59 Å². The zero-order valence-corrected chi connectivity index (χ0v) is 11.0. The molecule has 0 amide bonds. The van der Waals surface area contributed by atoms with E-state index >= 15 is 0 Å². The summed E-state index contributed by atoms with van der Waals surface area (Å²) < 4.78 is 0. The molecular weight excluding hydrogens is 236 g/mol. The normalized spacial score (nSPS) is 10.3. The van der Waals surface area contributed by atoms with Gasteiger partial charge in [-0.1, -0.05) is 24.6 Å². The summed E-state index contributed by atoms with van der Waals surface area (Å²) in [5.74, 6) is 0.215. The Morgan fingerprint density at radius 2 is 1.94 bits per heavy atom. The van der Waals surface area contributed by atoms with Crippen molar-refractivity contribution in [2.75, 3.05) is 0 Å². The molecule has 0 saturated heterocycles. The number of hydrogen-bond donors (Lipinski definition) is 0. The van der Waals surface area contributed by atoms with Crippen molar-refractivity contribution in [1.29, 1.82) is 0 Å². The second-order valence-corrected chi connectivity index (χ2v) is 4.56. The Morgan fingerprint density at radius 1 is 1.24 bits per heavy atom. The molecule has 0 radical (unpaired) electrons. The first-order chi connectivity index (χ1) is 8.04. The van der Waals surface area contributed by atoms with Gasteiger partial charge in [0.15, 0.2) is 5.78 Å². The molecule has 1 rings (SSSR count). The van der Waals surface area contributed by atoms with E-state index in [0.29, 0.717) is 36.3 Å². The lowest BCUT2D eigenvalue weighted by Crippen LogP contribution is -2.02. The first-order valence-corrected chi connectivity index (χ1v) is 6.23. The highest BCUT2D eigenvalue weighted by atomic mass is 35.5. The van der Waals surface area contributed by atoms with Gasteiger partial charge in [0.1, 0.15) is 5.78 Å². The van der Waals surface area contributed by atoms with Crippen molar-refractivity contribution in [3.8, 4) is 0 Å². The summed E-state index contributed by atoms with van der Waals surface area (Å²) in [6, 6.07) is 5.41. The largest absolute Gasteiger partial charge is 0.300 e. The third-order valence-electron chi connectivity index (χ3n) is 2.68. The van der Waals surface area contributed by atoms with Gasteiger partial charge in [-0.15, -0.1) is 0 Å². The fourth-order valence-corrected chi connectivity index (χ4v) is 1.94. The Bertz CT molecular complexity index is 424. The predicted octanol–water partition coefficient (Wildman–Crippen LogP) is 3.98. The first-order valence-electron chi connectivity index (χ1n) is 5.85. The van der Waals surface area contributed by atoms with Crippen LogP contribution in [0.25, 0.3) is 0 Å². The van der Waals surface area contributed by atoms with Gasteiger partial charge >= 0.3 is 0 Å². The third-order valence-corrected chi connectivity index (χ3v) is 2.99. The van der Waals surface area contributed by atoms with Gasteiger partial charge in [0, 0.05) is 24.8 Å². The molecule has 17 heavy (non-hydrogen) atoms. The molecule has 2 nitrogen and oxygen atoms in total. The van der Waals surface area contributed by atoms with Crippen LogP contribution in [-0.4, -0.2) is 11.6 Å². The molecule has 0 saturated carbocycles. The van der Waals surface area contributed by atoms with Crippen LogP contribution in [0.2, 0.25) is 5.02 Å². The van der Waals surface area contributed by atoms with E-state index in [1.54, 1.807) is 12.1 Å². The highest BCUT2D eigenvalue weighted by Crippen LogP contribution is 2.20. The van der Waals surface area contributed by atoms with Crippen LogP contribution in [-0.2, 0) is 4.79 Å². The molecule has 92 valence electrons. The van der Waals surface area contributed by atoms with Crippen LogP contribution < -0.4 is 0 Å². The fourth-order valence-electron chi connectivity index (χ4n) is 1.60. The van der Waals surface area contributed by atoms with Gasteiger partial charge in [-0.3, -0.25) is 9.59 Å². The maximum absolute atomic E-state index is 11.9. The molecule has 0 fully saturated rings. The van der Waals surface area contributed by atoms with E-state index in [1.807, 2.05) is 19.9 Å². The standard InChI is InChI=1S/C14H17ClO2/c1-3-11(16)5-4-6-14(17)12-8-7-10(2)9-13(12)15/h7-9H,3-6H2,1-2H3. The lowest BCUT2D eigenvalue weighted by molar-refractivity contribution is -0.118. The van der Waals surface area contributed by atoms with E-state index in [0.717, 1.165) is 5.56 Å². The molecule has 0 unspecified atom stereocenters. The molecule has 0 aliphatic rings. The van der Waals surface area contributed by atoms with Crippen molar-refractivity contribution in [1.82, 2.24) is 0 Å². The quantitative estimate of drug-likeness (QED) is 0.718. The molecular formula is C14H17ClO2. The Hall–Kier alpha value is -1.15.